The van der Waals surface area contributed by atoms with Crippen LogP contribution in [0.15, 0.2) is 30.3 Å². The molecule has 0 aliphatic rings. The van der Waals surface area contributed by atoms with Crippen LogP contribution in [0.4, 0.5) is 0 Å². The normalized spacial score (nSPS) is 15.8. The van der Waals surface area contributed by atoms with Gasteiger partial charge in [-0.25, -0.2) is 0 Å². The Bertz CT molecular complexity index is 421. The molecule has 2 atom stereocenters. The third-order valence-corrected chi connectivity index (χ3v) is 3.94. The van der Waals surface area contributed by atoms with Crippen LogP contribution in [0.5, 0.6) is 0 Å². The van der Waals surface area contributed by atoms with Crippen LogP contribution in [0.2, 0.25) is 0 Å². The molecule has 0 saturated heterocycles. The van der Waals surface area contributed by atoms with Gasteiger partial charge in [0.2, 0.25) is 5.91 Å². The van der Waals surface area contributed by atoms with Gasteiger partial charge in [0.05, 0.1) is 0 Å². The van der Waals surface area contributed by atoms with Gasteiger partial charge in [0, 0.05) is 13.1 Å². The van der Waals surface area contributed by atoms with Gasteiger partial charge in [-0.05, 0) is 24.9 Å². The molecule has 20 heavy (non-hydrogen) atoms. The maximum Gasteiger partial charge on any atom is 0.242 e. The summed E-state index contributed by atoms with van der Waals surface area (Å²) < 4.78 is 0. The number of carbonyl (C=O) groups excluding carboxylic acids is 1. The molecule has 2 unspecified atom stereocenters. The first kappa shape index (κ1) is 16.7. The van der Waals surface area contributed by atoms with E-state index in [2.05, 4.69) is 25.8 Å². The second-order valence-corrected chi connectivity index (χ2v) is 5.73. The van der Waals surface area contributed by atoms with Gasteiger partial charge in [-0.15, -0.1) is 0 Å². The zero-order valence-corrected chi connectivity index (χ0v) is 12.8. The molecule has 0 aliphatic carbocycles. The molecule has 4 N–H and O–H groups in total. The van der Waals surface area contributed by atoms with Crippen molar-refractivity contribution in [3.8, 4) is 0 Å². The highest BCUT2D eigenvalue weighted by atomic mass is 16.1. The minimum absolute atomic E-state index is 0.472. The predicted octanol–water partition coefficient (Wildman–Crippen LogP) is 1.69. The van der Waals surface area contributed by atoms with Crippen molar-refractivity contribution >= 4 is 5.91 Å². The molecule has 0 aromatic heterocycles. The lowest BCUT2D eigenvalue weighted by Crippen LogP contribution is -2.50. The molecule has 0 radical (unpaired) electrons. The fourth-order valence-electron chi connectivity index (χ4n) is 2.27. The van der Waals surface area contributed by atoms with Gasteiger partial charge < -0.3 is 16.4 Å². The van der Waals surface area contributed by atoms with Gasteiger partial charge in [0.15, 0.2) is 0 Å². The number of carbonyl (C=O) groups is 1. The number of nitrogens with zero attached hydrogens (tertiary/aromatic N) is 1. The number of benzene rings is 1. The molecular formula is C16H27N3O. The van der Waals surface area contributed by atoms with Gasteiger partial charge in [0.1, 0.15) is 5.54 Å². The molecule has 1 aromatic carbocycles. The summed E-state index contributed by atoms with van der Waals surface area (Å²) in [6.45, 7) is 6.15. The number of amides is 1. The zero-order valence-electron chi connectivity index (χ0n) is 12.8. The van der Waals surface area contributed by atoms with Crippen LogP contribution in [0.1, 0.15) is 32.3 Å². The van der Waals surface area contributed by atoms with Gasteiger partial charge in [-0.3, -0.25) is 4.79 Å². The minimum atomic E-state index is -1.09. The summed E-state index contributed by atoms with van der Waals surface area (Å²) in [5, 5.41) is 0. The molecule has 1 rings (SSSR count). The summed E-state index contributed by atoms with van der Waals surface area (Å²) in [6.07, 6.45) is 1.67. The van der Waals surface area contributed by atoms with E-state index in [0.29, 0.717) is 12.3 Å². The van der Waals surface area contributed by atoms with E-state index < -0.39 is 11.4 Å². The number of rotatable bonds is 8. The monoisotopic (exact) mass is 277 g/mol. The number of nitrogens with two attached hydrogens (primary N) is 2. The highest BCUT2D eigenvalue weighted by Crippen LogP contribution is 2.22. The number of hydrogen-bond acceptors (Lipinski definition) is 3. The summed E-state index contributed by atoms with van der Waals surface area (Å²) in [5.74, 6) is 0.165. The number of hydrogen-bond donors (Lipinski definition) is 2. The van der Waals surface area contributed by atoms with E-state index in [4.69, 9.17) is 11.5 Å². The van der Waals surface area contributed by atoms with Crippen LogP contribution in [-0.4, -0.2) is 30.9 Å². The van der Waals surface area contributed by atoms with E-state index in [0.717, 1.165) is 25.1 Å². The lowest BCUT2D eigenvalue weighted by atomic mass is 9.86. The van der Waals surface area contributed by atoms with Crippen molar-refractivity contribution in [1.82, 2.24) is 4.90 Å². The molecule has 0 heterocycles. The predicted molar refractivity (Wildman–Crippen MR) is 83.1 cm³/mol. The standard InChI is InChI=1S/C16H27N3O/c1-4-13(2)12-19(3)11-10-16(18,15(17)20)14-8-6-5-7-9-14/h5-9,13H,4,10-12,18H2,1-3H3,(H2,17,20). The van der Waals surface area contributed by atoms with Crippen molar-refractivity contribution in [2.24, 2.45) is 17.4 Å². The molecular weight excluding hydrogens is 250 g/mol. The maximum absolute atomic E-state index is 11.8. The molecule has 1 amide bonds. The van der Waals surface area contributed by atoms with Crippen molar-refractivity contribution in [3.05, 3.63) is 35.9 Å². The SMILES string of the molecule is CCC(C)CN(C)CCC(N)(C(N)=O)c1ccccc1. The van der Waals surface area contributed by atoms with Crippen LogP contribution in [0.25, 0.3) is 0 Å². The second-order valence-electron chi connectivity index (χ2n) is 5.73. The van der Waals surface area contributed by atoms with Crippen LogP contribution < -0.4 is 11.5 Å². The summed E-state index contributed by atoms with van der Waals surface area (Å²) in [4.78, 5) is 14.0. The average molecular weight is 277 g/mol. The Balaban J connectivity index is 2.72. The quantitative estimate of drug-likeness (QED) is 0.759. The van der Waals surface area contributed by atoms with Gasteiger partial charge in [-0.2, -0.15) is 0 Å². The van der Waals surface area contributed by atoms with Crippen LogP contribution in [0, 0.1) is 5.92 Å². The van der Waals surface area contributed by atoms with Gasteiger partial charge >= 0.3 is 0 Å². The highest BCUT2D eigenvalue weighted by molar-refractivity contribution is 5.85. The van der Waals surface area contributed by atoms with Crippen molar-refractivity contribution in [2.75, 3.05) is 20.1 Å². The van der Waals surface area contributed by atoms with Gasteiger partial charge in [-0.1, -0.05) is 50.6 Å². The first-order valence-corrected chi connectivity index (χ1v) is 7.23. The summed E-state index contributed by atoms with van der Waals surface area (Å²) in [5.41, 5.74) is 11.5. The molecule has 4 nitrogen and oxygen atoms in total. The Morgan fingerprint density at radius 1 is 1.35 bits per heavy atom. The third-order valence-electron chi connectivity index (χ3n) is 3.94. The second kappa shape index (κ2) is 7.41. The Hall–Kier alpha value is -1.39. The Labute approximate surface area is 122 Å². The largest absolute Gasteiger partial charge is 0.368 e. The summed E-state index contributed by atoms with van der Waals surface area (Å²) in [7, 11) is 2.05. The molecule has 4 heteroatoms. The van der Waals surface area contributed by atoms with Crippen LogP contribution >= 0.6 is 0 Å². The number of primary amides is 1. The molecule has 0 fully saturated rings. The zero-order chi connectivity index (χ0) is 15.2. The van der Waals surface area contributed by atoms with Gasteiger partial charge in [0.25, 0.3) is 0 Å². The van der Waals surface area contributed by atoms with Crippen molar-refractivity contribution in [1.29, 1.82) is 0 Å². The van der Waals surface area contributed by atoms with E-state index in [1.54, 1.807) is 0 Å². The minimum Gasteiger partial charge on any atom is -0.368 e. The maximum atomic E-state index is 11.8. The lowest BCUT2D eigenvalue weighted by molar-refractivity contribution is -0.123. The Morgan fingerprint density at radius 3 is 2.45 bits per heavy atom. The Morgan fingerprint density at radius 2 is 1.95 bits per heavy atom. The molecule has 0 aliphatic heterocycles. The van der Waals surface area contributed by atoms with E-state index in [1.807, 2.05) is 30.3 Å². The summed E-state index contributed by atoms with van der Waals surface area (Å²) in [6, 6.07) is 9.38. The average Bonchev–Trinajstić information content (AvgIpc) is 2.45. The topological polar surface area (TPSA) is 72.3 Å². The van der Waals surface area contributed by atoms with E-state index in [9.17, 15) is 4.79 Å². The third kappa shape index (κ3) is 4.32. The summed E-state index contributed by atoms with van der Waals surface area (Å²) >= 11 is 0. The fourth-order valence-corrected chi connectivity index (χ4v) is 2.27. The first-order valence-electron chi connectivity index (χ1n) is 7.23. The Kier molecular flexibility index (Phi) is 6.17. The van der Waals surface area contributed by atoms with Crippen molar-refractivity contribution in [2.45, 2.75) is 32.2 Å². The molecule has 0 saturated carbocycles. The smallest absolute Gasteiger partial charge is 0.242 e. The molecule has 0 bridgehead atoms. The van der Waals surface area contributed by atoms with E-state index in [-0.39, 0.29) is 0 Å². The molecule has 1 aromatic rings. The highest BCUT2D eigenvalue weighted by Gasteiger charge is 2.33. The van der Waals surface area contributed by atoms with Crippen LogP contribution in [0.3, 0.4) is 0 Å². The fraction of sp³-hybridized carbons (Fsp3) is 0.562. The van der Waals surface area contributed by atoms with E-state index >= 15 is 0 Å². The van der Waals surface area contributed by atoms with Crippen molar-refractivity contribution in [3.63, 3.8) is 0 Å². The van der Waals surface area contributed by atoms with Crippen molar-refractivity contribution < 1.29 is 4.79 Å². The van der Waals surface area contributed by atoms with Crippen LogP contribution in [-0.2, 0) is 10.3 Å². The molecule has 0 spiro atoms. The first-order chi connectivity index (χ1) is 9.40. The molecule has 112 valence electrons. The van der Waals surface area contributed by atoms with E-state index in [1.165, 1.54) is 0 Å². The lowest BCUT2D eigenvalue weighted by Gasteiger charge is -2.29.